The van der Waals surface area contributed by atoms with Crippen molar-refractivity contribution < 1.29 is 18.4 Å². The van der Waals surface area contributed by atoms with Gasteiger partial charge in [0.05, 0.1) is 19.2 Å². The van der Waals surface area contributed by atoms with Gasteiger partial charge in [-0.05, 0) is 36.2 Å². The maximum absolute atomic E-state index is 13.7. The zero-order valence-corrected chi connectivity index (χ0v) is 14.2. The first-order valence-corrected chi connectivity index (χ1v) is 8.13. The van der Waals surface area contributed by atoms with Crippen molar-refractivity contribution >= 4 is 5.91 Å². The zero-order chi connectivity index (χ0) is 18.4. The lowest BCUT2D eigenvalue weighted by molar-refractivity contribution is -0.121. The Labute approximate surface area is 150 Å². The lowest BCUT2D eigenvalue weighted by Crippen LogP contribution is -2.23. The summed E-state index contributed by atoms with van der Waals surface area (Å²) in [6.45, 7) is 0.100. The molecule has 0 aliphatic rings. The molecule has 0 bridgehead atoms. The van der Waals surface area contributed by atoms with E-state index in [4.69, 9.17) is 9.26 Å². The van der Waals surface area contributed by atoms with E-state index < -0.39 is 5.82 Å². The third-order valence-corrected chi connectivity index (χ3v) is 3.82. The van der Waals surface area contributed by atoms with Crippen LogP contribution in [0.3, 0.4) is 0 Å². The molecular weight excluding hydrogens is 337 g/mol. The molecule has 0 saturated heterocycles. The number of benzene rings is 2. The number of rotatable bonds is 7. The molecule has 134 valence electrons. The molecule has 3 aromatic rings. The summed E-state index contributed by atoms with van der Waals surface area (Å²) in [4.78, 5) is 16.1. The first kappa shape index (κ1) is 17.6. The van der Waals surface area contributed by atoms with Gasteiger partial charge >= 0.3 is 0 Å². The van der Waals surface area contributed by atoms with Gasteiger partial charge in [-0.15, -0.1) is 0 Å². The molecule has 0 unspecified atom stereocenters. The van der Waals surface area contributed by atoms with Crippen molar-refractivity contribution in [3.8, 4) is 17.1 Å². The summed E-state index contributed by atoms with van der Waals surface area (Å²) in [5, 5.41) is 6.46. The predicted molar refractivity (Wildman–Crippen MR) is 92.9 cm³/mol. The minimum Gasteiger partial charge on any atom is -0.497 e. The fourth-order valence-corrected chi connectivity index (χ4v) is 2.39. The summed E-state index contributed by atoms with van der Waals surface area (Å²) in [5.74, 6) is 0.599. The topological polar surface area (TPSA) is 77.2 Å². The Morgan fingerprint density at radius 1 is 1.19 bits per heavy atom. The van der Waals surface area contributed by atoms with E-state index in [1.54, 1.807) is 25.3 Å². The third-order valence-electron chi connectivity index (χ3n) is 3.82. The minimum atomic E-state index is -0.427. The van der Waals surface area contributed by atoms with E-state index in [1.807, 2.05) is 24.3 Å². The zero-order valence-electron chi connectivity index (χ0n) is 14.2. The SMILES string of the molecule is COc1ccc(CCC(=O)NCc2nc(-c3ccccc3F)no2)cc1. The van der Waals surface area contributed by atoms with Crippen molar-refractivity contribution in [2.24, 2.45) is 0 Å². The van der Waals surface area contributed by atoms with Gasteiger partial charge in [-0.2, -0.15) is 4.98 Å². The summed E-state index contributed by atoms with van der Waals surface area (Å²) >= 11 is 0. The monoisotopic (exact) mass is 355 g/mol. The van der Waals surface area contributed by atoms with Crippen LogP contribution >= 0.6 is 0 Å². The second-order valence-electron chi connectivity index (χ2n) is 5.62. The quantitative estimate of drug-likeness (QED) is 0.704. The Kier molecular flexibility index (Phi) is 5.58. The lowest BCUT2D eigenvalue weighted by atomic mass is 10.1. The molecule has 0 radical (unpaired) electrons. The number of nitrogens with one attached hydrogen (secondary N) is 1. The highest BCUT2D eigenvalue weighted by atomic mass is 19.1. The average molecular weight is 355 g/mol. The highest BCUT2D eigenvalue weighted by molar-refractivity contribution is 5.76. The molecule has 0 spiro atoms. The number of hydrogen-bond donors (Lipinski definition) is 1. The molecule has 1 heterocycles. The lowest BCUT2D eigenvalue weighted by Gasteiger charge is -2.04. The van der Waals surface area contributed by atoms with Crippen LogP contribution in [-0.4, -0.2) is 23.2 Å². The Morgan fingerprint density at radius 2 is 1.96 bits per heavy atom. The van der Waals surface area contributed by atoms with Crippen molar-refractivity contribution in [1.29, 1.82) is 0 Å². The number of aryl methyl sites for hydroxylation is 1. The number of carbonyl (C=O) groups excluding carboxylic acids is 1. The second kappa shape index (κ2) is 8.24. The number of aromatic nitrogens is 2. The van der Waals surface area contributed by atoms with E-state index in [-0.39, 0.29) is 29.7 Å². The van der Waals surface area contributed by atoms with Gasteiger partial charge in [-0.1, -0.05) is 29.4 Å². The van der Waals surface area contributed by atoms with Crippen LogP contribution in [0, 0.1) is 5.82 Å². The molecule has 1 aromatic heterocycles. The highest BCUT2D eigenvalue weighted by Crippen LogP contribution is 2.19. The number of amides is 1. The summed E-state index contributed by atoms with van der Waals surface area (Å²) in [5.41, 5.74) is 1.30. The standard InChI is InChI=1S/C19H18FN3O3/c1-25-14-9-6-13(7-10-14)8-11-17(24)21-12-18-22-19(23-26-18)15-4-2-3-5-16(15)20/h2-7,9-10H,8,11-12H2,1H3,(H,21,24). The normalized spacial score (nSPS) is 10.5. The fourth-order valence-electron chi connectivity index (χ4n) is 2.39. The van der Waals surface area contributed by atoms with Crippen LogP contribution in [0.25, 0.3) is 11.4 Å². The van der Waals surface area contributed by atoms with Gasteiger partial charge in [-0.3, -0.25) is 4.79 Å². The van der Waals surface area contributed by atoms with E-state index >= 15 is 0 Å². The van der Waals surface area contributed by atoms with Crippen LogP contribution < -0.4 is 10.1 Å². The van der Waals surface area contributed by atoms with Crippen molar-refractivity contribution in [3.63, 3.8) is 0 Å². The van der Waals surface area contributed by atoms with Gasteiger partial charge in [-0.25, -0.2) is 4.39 Å². The molecule has 0 aliphatic carbocycles. The third kappa shape index (κ3) is 4.44. The van der Waals surface area contributed by atoms with Crippen LogP contribution in [0.4, 0.5) is 4.39 Å². The van der Waals surface area contributed by atoms with Crippen LogP contribution in [0.15, 0.2) is 53.1 Å². The molecular formula is C19H18FN3O3. The molecule has 1 N–H and O–H groups in total. The van der Waals surface area contributed by atoms with Gasteiger partial charge in [0.25, 0.3) is 0 Å². The molecule has 3 rings (SSSR count). The van der Waals surface area contributed by atoms with Gasteiger partial charge in [0, 0.05) is 6.42 Å². The molecule has 0 atom stereocenters. The Hall–Kier alpha value is -3.22. The summed E-state index contributed by atoms with van der Waals surface area (Å²) < 4.78 is 23.9. The highest BCUT2D eigenvalue weighted by Gasteiger charge is 2.13. The number of methoxy groups -OCH3 is 1. The smallest absolute Gasteiger partial charge is 0.246 e. The number of carbonyl (C=O) groups is 1. The predicted octanol–water partition coefficient (Wildman–Crippen LogP) is 3.13. The summed E-state index contributed by atoms with van der Waals surface area (Å²) in [6, 6.07) is 13.7. The van der Waals surface area contributed by atoms with Gasteiger partial charge in [0.15, 0.2) is 0 Å². The molecule has 0 aliphatic heterocycles. The Bertz CT molecular complexity index is 878. The fraction of sp³-hybridized carbons (Fsp3) is 0.211. The molecule has 2 aromatic carbocycles. The van der Waals surface area contributed by atoms with Gasteiger partial charge < -0.3 is 14.6 Å². The number of hydrogen-bond acceptors (Lipinski definition) is 5. The molecule has 1 amide bonds. The molecule has 6 nitrogen and oxygen atoms in total. The van der Waals surface area contributed by atoms with Crippen LogP contribution in [-0.2, 0) is 17.8 Å². The van der Waals surface area contributed by atoms with Crippen molar-refractivity contribution in [1.82, 2.24) is 15.5 Å². The van der Waals surface area contributed by atoms with E-state index in [0.717, 1.165) is 11.3 Å². The molecule has 26 heavy (non-hydrogen) atoms. The van der Waals surface area contributed by atoms with Crippen molar-refractivity contribution in [2.45, 2.75) is 19.4 Å². The van der Waals surface area contributed by atoms with Crippen LogP contribution in [0.2, 0.25) is 0 Å². The molecule has 0 saturated carbocycles. The molecule has 0 fully saturated rings. The molecule has 7 heteroatoms. The summed E-state index contributed by atoms with van der Waals surface area (Å²) in [7, 11) is 1.61. The van der Waals surface area contributed by atoms with Crippen LogP contribution in [0.5, 0.6) is 5.75 Å². The summed E-state index contributed by atoms with van der Waals surface area (Å²) in [6.07, 6.45) is 0.945. The Balaban J connectivity index is 1.49. The van der Waals surface area contributed by atoms with Crippen LogP contribution in [0.1, 0.15) is 17.9 Å². The first-order chi connectivity index (χ1) is 12.7. The van der Waals surface area contributed by atoms with E-state index in [0.29, 0.717) is 12.8 Å². The largest absolute Gasteiger partial charge is 0.497 e. The first-order valence-electron chi connectivity index (χ1n) is 8.13. The number of ether oxygens (including phenoxy) is 1. The van der Waals surface area contributed by atoms with Gasteiger partial charge in [0.2, 0.25) is 17.6 Å². The number of halogens is 1. The van der Waals surface area contributed by atoms with Crippen molar-refractivity contribution in [3.05, 3.63) is 65.8 Å². The van der Waals surface area contributed by atoms with Gasteiger partial charge in [0.1, 0.15) is 11.6 Å². The second-order valence-corrected chi connectivity index (χ2v) is 5.62. The van der Waals surface area contributed by atoms with Crippen molar-refractivity contribution in [2.75, 3.05) is 7.11 Å². The maximum atomic E-state index is 13.7. The maximum Gasteiger partial charge on any atom is 0.246 e. The van der Waals surface area contributed by atoms with E-state index in [1.165, 1.54) is 6.07 Å². The van der Waals surface area contributed by atoms with E-state index in [2.05, 4.69) is 15.5 Å². The Morgan fingerprint density at radius 3 is 2.69 bits per heavy atom. The number of nitrogens with zero attached hydrogens (tertiary/aromatic N) is 2. The average Bonchev–Trinajstić information content (AvgIpc) is 3.14. The van der Waals surface area contributed by atoms with E-state index in [9.17, 15) is 9.18 Å². The minimum absolute atomic E-state index is 0.100.